The highest BCUT2D eigenvalue weighted by molar-refractivity contribution is 5.79. The van der Waals surface area contributed by atoms with E-state index in [-0.39, 0.29) is 18.9 Å². The van der Waals surface area contributed by atoms with Gasteiger partial charge < -0.3 is 19.1 Å². The minimum Gasteiger partial charge on any atom is -0.487 e. The van der Waals surface area contributed by atoms with E-state index in [4.69, 9.17) is 14.2 Å². The number of rotatable bonds is 2. The number of nitrogens with zero attached hydrogens (tertiary/aromatic N) is 2. The highest BCUT2D eigenvalue weighted by Crippen LogP contribution is 2.32. The van der Waals surface area contributed by atoms with Crippen molar-refractivity contribution in [2.24, 2.45) is 0 Å². The lowest BCUT2D eigenvalue weighted by Crippen LogP contribution is -2.35. The number of carbonyl (C=O) groups is 1. The van der Waals surface area contributed by atoms with E-state index in [0.29, 0.717) is 49.3 Å². The molecule has 1 aliphatic rings. The van der Waals surface area contributed by atoms with E-state index in [1.165, 1.54) is 6.07 Å². The van der Waals surface area contributed by atoms with Gasteiger partial charge in [0.15, 0.2) is 11.5 Å². The molecule has 0 bridgehead atoms. The highest BCUT2D eigenvalue weighted by Gasteiger charge is 2.20. The molecule has 0 saturated heterocycles. The van der Waals surface area contributed by atoms with Crippen molar-refractivity contribution in [3.63, 3.8) is 0 Å². The second-order valence-electron chi connectivity index (χ2n) is 7.06. The second kappa shape index (κ2) is 10.0. The van der Waals surface area contributed by atoms with Crippen molar-refractivity contribution in [3.05, 3.63) is 83.8 Å². The van der Waals surface area contributed by atoms with Crippen molar-refractivity contribution in [2.75, 3.05) is 26.4 Å². The first-order valence-corrected chi connectivity index (χ1v) is 10.1. The number of hydrogen-bond donors (Lipinski definition) is 0. The van der Waals surface area contributed by atoms with E-state index in [9.17, 15) is 9.18 Å². The molecule has 2 heterocycles. The summed E-state index contributed by atoms with van der Waals surface area (Å²) in [5.41, 5.74) is 1.10. The van der Waals surface area contributed by atoms with Gasteiger partial charge >= 0.3 is 0 Å². The number of halogens is 1. The van der Waals surface area contributed by atoms with Gasteiger partial charge in [0.2, 0.25) is 11.8 Å². The number of aromatic nitrogens is 1. The maximum Gasteiger partial charge on any atom is 0.227 e. The molecule has 160 valence electrons. The van der Waals surface area contributed by atoms with E-state index in [0.717, 1.165) is 5.56 Å². The van der Waals surface area contributed by atoms with Crippen LogP contribution in [0.25, 0.3) is 0 Å². The molecule has 0 saturated carbocycles. The molecule has 1 amide bonds. The zero-order valence-electron chi connectivity index (χ0n) is 17.0. The van der Waals surface area contributed by atoms with Gasteiger partial charge in [-0.1, -0.05) is 36.4 Å². The number of para-hydroxylation sites is 2. The van der Waals surface area contributed by atoms with E-state index >= 15 is 0 Å². The van der Waals surface area contributed by atoms with Crippen molar-refractivity contribution in [2.45, 2.75) is 13.0 Å². The quantitative estimate of drug-likeness (QED) is 0.625. The summed E-state index contributed by atoms with van der Waals surface area (Å²) >= 11 is 0. The van der Waals surface area contributed by atoms with Crippen molar-refractivity contribution in [1.29, 1.82) is 0 Å². The van der Waals surface area contributed by atoms with Crippen molar-refractivity contribution in [1.82, 2.24) is 9.88 Å². The first-order valence-electron chi connectivity index (χ1n) is 10.1. The van der Waals surface area contributed by atoms with Gasteiger partial charge in [-0.05, 0) is 29.8 Å². The van der Waals surface area contributed by atoms with E-state index in [1.807, 2.05) is 24.3 Å². The number of fused-ring (bicyclic) bond motifs is 2. The summed E-state index contributed by atoms with van der Waals surface area (Å²) in [4.78, 5) is 19.0. The Bertz CT molecular complexity index is 1040. The third kappa shape index (κ3) is 5.38. The number of amides is 1. The Morgan fingerprint density at radius 2 is 1.77 bits per heavy atom. The molecule has 2 aromatic carbocycles. The monoisotopic (exact) mass is 422 g/mol. The Balaban J connectivity index is 1.60. The van der Waals surface area contributed by atoms with Gasteiger partial charge in [-0.15, -0.1) is 0 Å². The zero-order chi connectivity index (χ0) is 21.5. The Labute approximate surface area is 180 Å². The number of benzene rings is 2. The van der Waals surface area contributed by atoms with Gasteiger partial charge in [0.25, 0.3) is 0 Å². The summed E-state index contributed by atoms with van der Waals surface area (Å²) in [6, 6.07) is 17.3. The molecule has 1 aromatic heterocycles. The normalized spacial score (nSPS) is 14.5. The van der Waals surface area contributed by atoms with Crippen molar-refractivity contribution in [3.8, 4) is 17.4 Å². The standard InChI is InChI=1S/C24H23FN2O4/c25-20-8-2-1-6-18(20)16-23(28)27-12-13-29-14-15-30-21-9-3-4-10-22(21)31-24-19(17-27)7-5-11-26-24/h1-11H,12-17H2. The fourth-order valence-electron chi connectivity index (χ4n) is 3.30. The Morgan fingerprint density at radius 3 is 2.65 bits per heavy atom. The topological polar surface area (TPSA) is 60.9 Å². The van der Waals surface area contributed by atoms with Gasteiger partial charge in [0, 0.05) is 18.3 Å². The van der Waals surface area contributed by atoms with Gasteiger partial charge in [-0.2, -0.15) is 0 Å². The smallest absolute Gasteiger partial charge is 0.227 e. The lowest BCUT2D eigenvalue weighted by Gasteiger charge is -2.23. The molecule has 4 rings (SSSR count). The van der Waals surface area contributed by atoms with Gasteiger partial charge in [-0.3, -0.25) is 4.79 Å². The molecule has 0 unspecified atom stereocenters. The Kier molecular flexibility index (Phi) is 6.74. The van der Waals surface area contributed by atoms with Crippen LogP contribution in [0.4, 0.5) is 4.39 Å². The third-order valence-electron chi connectivity index (χ3n) is 4.91. The van der Waals surface area contributed by atoms with Crippen LogP contribution in [0, 0.1) is 5.82 Å². The third-order valence-corrected chi connectivity index (χ3v) is 4.91. The first kappa shape index (κ1) is 20.8. The predicted octanol–water partition coefficient (Wildman–Crippen LogP) is 3.99. The number of hydrogen-bond acceptors (Lipinski definition) is 5. The zero-order valence-corrected chi connectivity index (χ0v) is 17.0. The molecular weight excluding hydrogens is 399 g/mol. The van der Waals surface area contributed by atoms with Crippen LogP contribution < -0.4 is 9.47 Å². The van der Waals surface area contributed by atoms with Crippen LogP contribution in [0.5, 0.6) is 17.4 Å². The summed E-state index contributed by atoms with van der Waals surface area (Å²) in [6.45, 7) is 1.68. The molecular formula is C24H23FN2O4. The van der Waals surface area contributed by atoms with Gasteiger partial charge in [0.05, 0.1) is 26.2 Å². The lowest BCUT2D eigenvalue weighted by molar-refractivity contribution is -0.132. The highest BCUT2D eigenvalue weighted by atomic mass is 19.1. The van der Waals surface area contributed by atoms with E-state index in [2.05, 4.69) is 4.98 Å². The molecule has 6 nitrogen and oxygen atoms in total. The number of ether oxygens (including phenoxy) is 3. The molecule has 31 heavy (non-hydrogen) atoms. The van der Waals surface area contributed by atoms with Crippen LogP contribution in [-0.2, 0) is 22.5 Å². The van der Waals surface area contributed by atoms with Crippen LogP contribution >= 0.6 is 0 Å². The summed E-state index contributed by atoms with van der Waals surface area (Å²) < 4.78 is 31.5. The number of carbonyl (C=O) groups excluding carboxylic acids is 1. The first-order chi connectivity index (χ1) is 15.2. The summed E-state index contributed by atoms with van der Waals surface area (Å²) in [5.74, 6) is 0.926. The van der Waals surface area contributed by atoms with Crippen LogP contribution in [0.15, 0.2) is 66.9 Å². The van der Waals surface area contributed by atoms with Crippen LogP contribution in [0.3, 0.4) is 0 Å². The Hall–Kier alpha value is -3.45. The van der Waals surface area contributed by atoms with E-state index in [1.54, 1.807) is 41.4 Å². The molecule has 7 heteroatoms. The molecule has 0 atom stereocenters. The average Bonchev–Trinajstić information content (AvgIpc) is 2.80. The average molecular weight is 422 g/mol. The van der Waals surface area contributed by atoms with Crippen molar-refractivity contribution >= 4 is 5.91 Å². The lowest BCUT2D eigenvalue weighted by atomic mass is 10.1. The molecule has 0 aliphatic carbocycles. The minimum atomic E-state index is -0.392. The molecule has 3 aromatic rings. The largest absolute Gasteiger partial charge is 0.487 e. The fourth-order valence-corrected chi connectivity index (χ4v) is 3.30. The predicted molar refractivity (Wildman–Crippen MR) is 113 cm³/mol. The fraction of sp³-hybridized carbons (Fsp3) is 0.250. The summed E-state index contributed by atoms with van der Waals surface area (Å²) in [6.07, 6.45) is 1.60. The molecule has 0 spiro atoms. The molecule has 0 radical (unpaired) electrons. The van der Waals surface area contributed by atoms with E-state index < -0.39 is 5.82 Å². The van der Waals surface area contributed by atoms with Gasteiger partial charge in [-0.25, -0.2) is 9.37 Å². The van der Waals surface area contributed by atoms with Crippen molar-refractivity contribution < 1.29 is 23.4 Å². The van der Waals surface area contributed by atoms with Gasteiger partial charge in [0.1, 0.15) is 12.4 Å². The summed E-state index contributed by atoms with van der Waals surface area (Å²) in [5, 5.41) is 0. The minimum absolute atomic E-state index is 0.0327. The maximum absolute atomic E-state index is 14.1. The Morgan fingerprint density at radius 1 is 0.968 bits per heavy atom. The maximum atomic E-state index is 14.1. The molecule has 0 fully saturated rings. The molecule has 1 aliphatic heterocycles. The number of pyridine rings is 1. The van der Waals surface area contributed by atoms with Crippen LogP contribution in [0.1, 0.15) is 11.1 Å². The van der Waals surface area contributed by atoms with Crippen LogP contribution in [-0.4, -0.2) is 42.2 Å². The molecule has 0 N–H and O–H groups in total. The second-order valence-corrected chi connectivity index (χ2v) is 7.06. The SMILES string of the molecule is O=C(Cc1ccccc1F)N1CCOCCOc2ccccc2Oc2ncccc2C1. The van der Waals surface area contributed by atoms with Crippen LogP contribution in [0.2, 0.25) is 0 Å². The summed E-state index contributed by atoms with van der Waals surface area (Å²) in [7, 11) is 0.